The summed E-state index contributed by atoms with van der Waals surface area (Å²) >= 11 is 0. The van der Waals surface area contributed by atoms with E-state index >= 15 is 0 Å². The highest BCUT2D eigenvalue weighted by atomic mass is 16.5. The maximum absolute atomic E-state index is 13.3. The number of benzene rings is 2. The van der Waals surface area contributed by atoms with Crippen molar-refractivity contribution >= 4 is 17.4 Å². The Bertz CT molecular complexity index is 1450. The molecule has 1 N–H and O–H groups in total. The minimum atomic E-state index is -0.790. The molecule has 0 saturated carbocycles. The zero-order valence-electron chi connectivity index (χ0n) is 20.2. The van der Waals surface area contributed by atoms with Crippen LogP contribution >= 0.6 is 0 Å². The minimum Gasteiger partial charge on any atom is -0.507 e. The Balaban J connectivity index is 1.51. The van der Waals surface area contributed by atoms with E-state index < -0.39 is 17.7 Å². The van der Waals surface area contributed by atoms with Crippen molar-refractivity contribution in [1.29, 1.82) is 0 Å². The number of hydrogen-bond donors (Lipinski definition) is 1. The van der Waals surface area contributed by atoms with Gasteiger partial charge in [0.05, 0.1) is 11.6 Å². The summed E-state index contributed by atoms with van der Waals surface area (Å²) in [5.74, 6) is -1.01. The van der Waals surface area contributed by atoms with Gasteiger partial charge in [-0.2, -0.15) is 0 Å². The molecule has 0 bridgehead atoms. The van der Waals surface area contributed by atoms with Crippen molar-refractivity contribution in [1.82, 2.24) is 14.9 Å². The molecule has 2 aromatic carbocycles. The third kappa shape index (κ3) is 4.97. The summed E-state index contributed by atoms with van der Waals surface area (Å²) in [6, 6.07) is 21.4. The molecule has 1 aliphatic rings. The number of ketones is 1. The lowest BCUT2D eigenvalue weighted by Gasteiger charge is -2.25. The second-order valence-electron chi connectivity index (χ2n) is 8.83. The van der Waals surface area contributed by atoms with Crippen LogP contribution in [0.25, 0.3) is 5.76 Å². The van der Waals surface area contributed by atoms with Gasteiger partial charge in [-0.25, -0.2) is 0 Å². The van der Waals surface area contributed by atoms with Gasteiger partial charge < -0.3 is 14.7 Å². The molecule has 1 atom stereocenters. The molecular formula is C30H25N3O4. The molecule has 0 spiro atoms. The highest BCUT2D eigenvalue weighted by Crippen LogP contribution is 2.40. The number of nitrogens with zero attached hydrogens (tertiary/aromatic N) is 3. The van der Waals surface area contributed by atoms with Crippen molar-refractivity contribution in [2.24, 2.45) is 0 Å². The van der Waals surface area contributed by atoms with E-state index in [2.05, 4.69) is 9.97 Å². The van der Waals surface area contributed by atoms with Gasteiger partial charge in [0.15, 0.2) is 0 Å². The summed E-state index contributed by atoms with van der Waals surface area (Å²) in [6.45, 7) is 2.40. The van der Waals surface area contributed by atoms with Crippen LogP contribution in [0, 0.1) is 6.92 Å². The molecule has 0 unspecified atom stereocenters. The van der Waals surface area contributed by atoms with Crippen molar-refractivity contribution in [2.75, 3.05) is 0 Å². The molecule has 184 valence electrons. The molecule has 5 rings (SSSR count). The summed E-state index contributed by atoms with van der Waals surface area (Å²) in [6.07, 6.45) is 6.52. The molecule has 7 nitrogen and oxygen atoms in total. The fraction of sp³-hybridized carbons (Fsp3) is 0.133. The SMILES string of the molecule is Cc1cc(OCc2ccccc2)ccc1/C(O)=C1\C(=O)C(=O)N(Cc2cccnc2)[C@@H]1c1cccnc1. The fourth-order valence-electron chi connectivity index (χ4n) is 4.49. The molecule has 1 aliphatic heterocycles. The van der Waals surface area contributed by atoms with E-state index in [1.54, 1.807) is 55.1 Å². The topological polar surface area (TPSA) is 92.6 Å². The summed E-state index contributed by atoms with van der Waals surface area (Å²) in [5, 5.41) is 11.4. The molecular weight excluding hydrogens is 466 g/mol. The molecule has 0 aliphatic carbocycles. The van der Waals surface area contributed by atoms with Gasteiger partial charge in [-0.1, -0.05) is 42.5 Å². The summed E-state index contributed by atoms with van der Waals surface area (Å²) in [7, 11) is 0. The molecule has 3 heterocycles. The number of hydrogen-bond acceptors (Lipinski definition) is 6. The first kappa shape index (κ1) is 23.9. The number of likely N-dealkylation sites (tertiary alicyclic amines) is 1. The van der Waals surface area contributed by atoms with Gasteiger partial charge in [-0.05, 0) is 59.5 Å². The standard InChI is InChI=1S/C30H25N3O4/c1-20-15-24(37-19-21-7-3-2-4-8-21)11-12-25(20)28(34)26-27(23-10-6-14-32-17-23)33(30(36)29(26)35)18-22-9-5-13-31-16-22/h2-17,27,34H,18-19H2,1H3/b28-26+/t27-/m1/s1. The first-order valence-corrected chi connectivity index (χ1v) is 11.9. The number of carbonyl (C=O) groups is 2. The molecule has 1 fully saturated rings. The van der Waals surface area contributed by atoms with Crippen molar-refractivity contribution in [3.8, 4) is 5.75 Å². The number of rotatable bonds is 7. The second-order valence-corrected chi connectivity index (χ2v) is 8.83. The number of pyridine rings is 2. The average Bonchev–Trinajstić information content (AvgIpc) is 3.18. The van der Waals surface area contributed by atoms with E-state index in [1.807, 2.05) is 49.4 Å². The maximum atomic E-state index is 13.3. The van der Waals surface area contributed by atoms with Crippen LogP contribution in [0.3, 0.4) is 0 Å². The van der Waals surface area contributed by atoms with Gasteiger partial charge >= 0.3 is 0 Å². The van der Waals surface area contributed by atoms with Crippen LogP contribution in [0.5, 0.6) is 5.75 Å². The third-order valence-corrected chi connectivity index (χ3v) is 6.32. The van der Waals surface area contributed by atoms with Crippen molar-refractivity contribution in [2.45, 2.75) is 26.1 Å². The number of amides is 1. The van der Waals surface area contributed by atoms with Crippen molar-refractivity contribution in [3.05, 3.63) is 131 Å². The zero-order valence-corrected chi connectivity index (χ0v) is 20.2. The summed E-state index contributed by atoms with van der Waals surface area (Å²) < 4.78 is 5.90. The molecule has 1 amide bonds. The lowest BCUT2D eigenvalue weighted by Crippen LogP contribution is -2.29. The normalized spacial score (nSPS) is 16.7. The Labute approximate surface area is 214 Å². The van der Waals surface area contributed by atoms with Gasteiger partial charge in [-0.3, -0.25) is 19.6 Å². The predicted molar refractivity (Wildman–Crippen MR) is 138 cm³/mol. The van der Waals surface area contributed by atoms with Crippen molar-refractivity contribution in [3.63, 3.8) is 0 Å². The van der Waals surface area contributed by atoms with Gasteiger partial charge in [0.1, 0.15) is 18.1 Å². The predicted octanol–water partition coefficient (Wildman–Crippen LogP) is 4.99. The van der Waals surface area contributed by atoms with Crippen LogP contribution in [-0.2, 0) is 22.7 Å². The van der Waals surface area contributed by atoms with E-state index in [1.165, 1.54) is 4.90 Å². The molecule has 4 aromatic rings. The van der Waals surface area contributed by atoms with E-state index in [4.69, 9.17) is 4.74 Å². The monoisotopic (exact) mass is 491 g/mol. The number of carbonyl (C=O) groups excluding carboxylic acids is 2. The largest absolute Gasteiger partial charge is 0.507 e. The Kier molecular flexibility index (Phi) is 6.76. The molecule has 2 aromatic heterocycles. The van der Waals surface area contributed by atoms with E-state index in [0.29, 0.717) is 29.0 Å². The number of Topliss-reactive ketones (excluding diaryl/α,β-unsaturated/α-hetero) is 1. The molecule has 37 heavy (non-hydrogen) atoms. The van der Waals surface area contributed by atoms with E-state index in [-0.39, 0.29) is 17.9 Å². The second kappa shape index (κ2) is 10.5. The number of ether oxygens (including phenoxy) is 1. The Morgan fingerprint density at radius 1 is 0.919 bits per heavy atom. The van der Waals surface area contributed by atoms with E-state index in [0.717, 1.165) is 11.1 Å². The van der Waals surface area contributed by atoms with Crippen LogP contribution in [0.2, 0.25) is 0 Å². The Morgan fingerprint density at radius 3 is 2.32 bits per heavy atom. The van der Waals surface area contributed by atoms with Gasteiger partial charge in [-0.15, -0.1) is 0 Å². The quantitative estimate of drug-likeness (QED) is 0.223. The number of aliphatic hydroxyl groups is 1. The average molecular weight is 492 g/mol. The highest BCUT2D eigenvalue weighted by molar-refractivity contribution is 6.46. The third-order valence-electron chi connectivity index (χ3n) is 6.32. The molecule has 0 radical (unpaired) electrons. The number of aryl methyl sites for hydroxylation is 1. The zero-order chi connectivity index (χ0) is 25.8. The molecule has 1 saturated heterocycles. The smallest absolute Gasteiger partial charge is 0.295 e. The first-order valence-electron chi connectivity index (χ1n) is 11.9. The minimum absolute atomic E-state index is 0.0305. The highest BCUT2D eigenvalue weighted by Gasteiger charge is 2.46. The Morgan fingerprint density at radius 2 is 1.65 bits per heavy atom. The summed E-state index contributed by atoms with van der Waals surface area (Å²) in [5.41, 5.74) is 3.65. The van der Waals surface area contributed by atoms with Crippen LogP contribution in [0.4, 0.5) is 0 Å². The van der Waals surface area contributed by atoms with E-state index in [9.17, 15) is 14.7 Å². The van der Waals surface area contributed by atoms with Gasteiger partial charge in [0.25, 0.3) is 11.7 Å². The summed E-state index contributed by atoms with van der Waals surface area (Å²) in [4.78, 5) is 36.2. The number of aliphatic hydroxyl groups excluding tert-OH is 1. The van der Waals surface area contributed by atoms with Gasteiger partial charge in [0, 0.05) is 36.9 Å². The lowest BCUT2D eigenvalue weighted by atomic mass is 9.94. The van der Waals surface area contributed by atoms with Gasteiger partial charge in [0.2, 0.25) is 0 Å². The number of aromatic nitrogens is 2. The lowest BCUT2D eigenvalue weighted by molar-refractivity contribution is -0.140. The maximum Gasteiger partial charge on any atom is 0.295 e. The van der Waals surface area contributed by atoms with Crippen molar-refractivity contribution < 1.29 is 19.4 Å². The van der Waals surface area contributed by atoms with Crippen LogP contribution in [-0.4, -0.2) is 31.7 Å². The Hall–Kier alpha value is -4.78. The first-order chi connectivity index (χ1) is 18.0. The van der Waals surface area contributed by atoms with Crippen LogP contribution in [0.1, 0.15) is 33.9 Å². The fourth-order valence-corrected chi connectivity index (χ4v) is 4.49. The van der Waals surface area contributed by atoms with Crippen LogP contribution in [0.15, 0.2) is 103 Å². The van der Waals surface area contributed by atoms with Crippen LogP contribution < -0.4 is 4.74 Å². The molecule has 7 heteroatoms.